The van der Waals surface area contributed by atoms with Gasteiger partial charge in [-0.25, -0.2) is 0 Å². The Balaban J connectivity index is -0.0000000308. The Morgan fingerprint density at radius 2 is 0.115 bits per heavy atom. The third kappa shape index (κ3) is 456. The van der Waals surface area contributed by atoms with Crippen LogP contribution in [0.5, 0.6) is 0 Å². The maximum Gasteiger partial charge on any atom is 5.00 e. The molecule has 0 aliphatic heterocycles. The predicted octanol–water partition coefficient (Wildman–Crippen LogP) is 21.0. The molecule has 0 aliphatic carbocycles. The van der Waals surface area contributed by atoms with Crippen molar-refractivity contribution >= 4 is 0 Å². The van der Waals surface area contributed by atoms with E-state index in [0.717, 1.165) is 196 Å². The van der Waals surface area contributed by atoms with Crippen molar-refractivity contribution < 1.29 is 67.1 Å². The van der Waals surface area contributed by atoms with Gasteiger partial charge in [0.05, 0.1) is 0 Å². The molecule has 18 heteroatoms. The number of rotatable bonds is 30. The molecule has 0 aliphatic rings. The molecule has 0 aromatic heterocycles. The summed E-state index contributed by atoms with van der Waals surface area (Å²) >= 11 is 0. The van der Waals surface area contributed by atoms with Crippen LogP contribution in [0.25, 0.3) is 79.8 Å². The molecule has 0 amide bonds. The van der Waals surface area contributed by atoms with E-state index in [2.05, 4.69) is 79.8 Å². The van der Waals surface area contributed by atoms with Crippen LogP contribution in [-0.2, 0) is 67.1 Å². The fourth-order valence-electron chi connectivity index (χ4n) is 3.35. The molecule has 15 nitrogen and oxygen atoms in total. The topological polar surface area (TPSA) is 211 Å². The molecule has 0 fully saturated rings. The van der Waals surface area contributed by atoms with Crippen LogP contribution in [-0.4, -0.2) is 196 Å². The summed E-state index contributed by atoms with van der Waals surface area (Å²) in [6, 6.07) is 0. The van der Waals surface area contributed by atoms with Crippen molar-refractivity contribution in [1.29, 1.82) is 0 Å². The van der Waals surface area contributed by atoms with Crippen molar-refractivity contribution in [2.75, 3.05) is 196 Å². The zero-order chi connectivity index (χ0) is 61.8. The Kier molecular flexibility index (Phi) is 362. The molecular weight excluding hydrogens is 1210 g/mol. The summed E-state index contributed by atoms with van der Waals surface area (Å²) < 4.78 is 0. The second-order valence-corrected chi connectivity index (χ2v) is 12.8. The monoisotopic (exact) mass is 1360 g/mol. The molecule has 0 spiro atoms. The van der Waals surface area contributed by atoms with E-state index in [1.165, 1.54) is 0 Å². The first-order chi connectivity index (χ1) is 36.2. The van der Waals surface area contributed by atoms with Gasteiger partial charge in [-0.2, -0.15) is 196 Å². The SMILES string of the molecule is CC[N-]CC.CC[N-]CC.CC[N-]CC.CC[N-]CC.CC[N-]CC.CC[N-]CC.CC[N-]CC.CC[N-]CC.CC[N-]CC.CC[N-]CC.CC[N-]CC.CC[N-]CC.CC[N-]CC.CC[N-]CC.CC[N-]CC.[Nb+5].[Nb+5].[Nb+5]. The van der Waals surface area contributed by atoms with Crippen molar-refractivity contribution in [3.8, 4) is 0 Å². The number of hydrogen-bond donors (Lipinski definition) is 0. The molecule has 0 atom stereocenters. The van der Waals surface area contributed by atoms with E-state index < -0.39 is 0 Å². The predicted molar refractivity (Wildman–Crippen MR) is 367 cm³/mol. The third-order valence-corrected chi connectivity index (χ3v) is 6.71. The number of nitrogens with zero attached hydrogens (tertiary/aromatic N) is 15. The van der Waals surface area contributed by atoms with Gasteiger partial charge < -0.3 is 79.8 Å². The van der Waals surface area contributed by atoms with E-state index in [1.54, 1.807) is 0 Å². The van der Waals surface area contributed by atoms with Gasteiger partial charge in [0.2, 0.25) is 0 Å². The summed E-state index contributed by atoms with van der Waals surface area (Å²) in [7, 11) is 0. The largest absolute Gasteiger partial charge is 5.00 e. The maximum atomic E-state index is 3.97. The maximum absolute atomic E-state index is 3.97. The van der Waals surface area contributed by atoms with Crippen molar-refractivity contribution in [3.63, 3.8) is 0 Å². The van der Waals surface area contributed by atoms with Gasteiger partial charge in [0.15, 0.2) is 0 Å². The molecule has 0 N–H and O–H groups in total. The van der Waals surface area contributed by atoms with E-state index >= 15 is 0 Å². The van der Waals surface area contributed by atoms with Gasteiger partial charge in [-0.15, -0.1) is 0 Å². The molecular formula is C60H150N15Nb3. The Morgan fingerprint density at radius 1 is 0.0897 bits per heavy atom. The second-order valence-electron chi connectivity index (χ2n) is 12.8. The summed E-state index contributed by atoms with van der Waals surface area (Å²) in [5, 5.41) is 59.6. The van der Waals surface area contributed by atoms with Crippen LogP contribution in [0.1, 0.15) is 208 Å². The minimum absolute atomic E-state index is 0. The van der Waals surface area contributed by atoms with Gasteiger partial charge in [0.1, 0.15) is 0 Å². The van der Waals surface area contributed by atoms with Crippen molar-refractivity contribution in [1.82, 2.24) is 0 Å². The molecule has 480 valence electrons. The first-order valence-electron chi connectivity index (χ1n) is 30.7. The summed E-state index contributed by atoms with van der Waals surface area (Å²) in [6.07, 6.45) is 0. The molecule has 0 aromatic rings. The standard InChI is InChI=1S/15C4H10N.3Nb/c15*1-3-5-4-2;;;/h15*3-4H2,1-2H3;;;/q15*-1;3*+5. The molecule has 0 radical (unpaired) electrons. The smallest absolute Gasteiger partial charge is 0.663 e. The van der Waals surface area contributed by atoms with Crippen LogP contribution < -0.4 is 0 Å². The van der Waals surface area contributed by atoms with Crippen LogP contribution in [0.3, 0.4) is 0 Å². The fraction of sp³-hybridized carbons (Fsp3) is 1.00. The summed E-state index contributed by atoms with van der Waals surface area (Å²) in [6.45, 7) is 90.4. The Bertz CT molecular complexity index is 361. The third-order valence-electron chi connectivity index (χ3n) is 6.71. The normalized spacial score (nSPS) is 8.08. The molecule has 0 saturated heterocycles. The second kappa shape index (κ2) is 218. The zero-order valence-corrected chi connectivity index (χ0v) is 65.9. The quantitative estimate of drug-likeness (QED) is 0.0615. The summed E-state index contributed by atoms with van der Waals surface area (Å²) in [5.74, 6) is 0. The first-order valence-corrected chi connectivity index (χ1v) is 30.7. The van der Waals surface area contributed by atoms with Gasteiger partial charge in [-0.1, -0.05) is 208 Å². The average molecular weight is 1360 g/mol. The Morgan fingerprint density at radius 3 is 0.115 bits per heavy atom. The van der Waals surface area contributed by atoms with Crippen LogP contribution >= 0.6 is 0 Å². The Hall–Kier alpha value is 1.62. The van der Waals surface area contributed by atoms with Crippen LogP contribution in [0.2, 0.25) is 0 Å². The molecule has 0 aromatic carbocycles. The fourth-order valence-corrected chi connectivity index (χ4v) is 3.35. The van der Waals surface area contributed by atoms with Crippen molar-refractivity contribution in [2.45, 2.75) is 208 Å². The molecule has 0 rings (SSSR count). The molecule has 0 bridgehead atoms. The molecule has 0 saturated carbocycles. The van der Waals surface area contributed by atoms with Crippen LogP contribution in [0.15, 0.2) is 0 Å². The van der Waals surface area contributed by atoms with E-state index in [4.69, 9.17) is 0 Å². The first kappa shape index (κ1) is 130. The number of hydrogen-bond acceptors (Lipinski definition) is 0. The van der Waals surface area contributed by atoms with E-state index in [0.29, 0.717) is 0 Å². The minimum atomic E-state index is 0. The van der Waals surface area contributed by atoms with Gasteiger partial charge in [0, 0.05) is 0 Å². The van der Waals surface area contributed by atoms with Gasteiger partial charge >= 0.3 is 67.1 Å². The van der Waals surface area contributed by atoms with Gasteiger partial charge in [-0.05, 0) is 0 Å². The van der Waals surface area contributed by atoms with Crippen LogP contribution in [0.4, 0.5) is 0 Å². The summed E-state index contributed by atoms with van der Waals surface area (Å²) in [5.41, 5.74) is 0. The molecule has 0 heterocycles. The zero-order valence-electron chi connectivity index (χ0n) is 59.3. The average Bonchev–Trinajstić information content (AvgIpc) is 3.40. The van der Waals surface area contributed by atoms with Gasteiger partial charge in [-0.3, -0.25) is 0 Å². The minimum Gasteiger partial charge on any atom is -0.663 e. The van der Waals surface area contributed by atoms with E-state index in [-0.39, 0.29) is 67.1 Å². The van der Waals surface area contributed by atoms with E-state index in [1.807, 2.05) is 208 Å². The molecule has 0 unspecified atom stereocenters. The summed E-state index contributed by atoms with van der Waals surface area (Å²) in [4.78, 5) is 0. The van der Waals surface area contributed by atoms with Gasteiger partial charge in [0.25, 0.3) is 0 Å². The Labute approximate surface area is 547 Å². The van der Waals surface area contributed by atoms with Crippen molar-refractivity contribution in [2.24, 2.45) is 0 Å². The van der Waals surface area contributed by atoms with E-state index in [9.17, 15) is 0 Å². The van der Waals surface area contributed by atoms with Crippen LogP contribution in [0, 0.1) is 0 Å². The molecule has 78 heavy (non-hydrogen) atoms. The van der Waals surface area contributed by atoms with Crippen molar-refractivity contribution in [3.05, 3.63) is 79.8 Å².